The molecule has 1 atom stereocenters. The average molecular weight is 157 g/mol. The van der Waals surface area contributed by atoms with Crippen molar-refractivity contribution in [3.05, 3.63) is 12.5 Å². The van der Waals surface area contributed by atoms with Gasteiger partial charge in [-0.1, -0.05) is 0 Å². The molecular formula is C8H15NO2. The third-order valence-electron chi connectivity index (χ3n) is 1.74. The molecule has 64 valence electrons. The Bertz CT molecular complexity index is 146. The Morgan fingerprint density at radius 2 is 2.00 bits per heavy atom. The smallest absolute Gasteiger partial charge is 0.247 e. The summed E-state index contributed by atoms with van der Waals surface area (Å²) in [5.74, 6) is -0.465. The van der Waals surface area contributed by atoms with Crippen molar-refractivity contribution in [2.45, 2.75) is 38.5 Å². The Hall–Kier alpha value is -0.700. The Kier molecular flexibility index (Phi) is 2.39. The summed E-state index contributed by atoms with van der Waals surface area (Å²) >= 11 is 0. The van der Waals surface area contributed by atoms with E-state index in [1.807, 2.05) is 13.8 Å². The molecule has 1 aliphatic rings. The second kappa shape index (κ2) is 3.13. The molecule has 0 saturated heterocycles. The Balaban J connectivity index is 2.25. The quantitative estimate of drug-likeness (QED) is 0.672. The monoisotopic (exact) mass is 157 g/mol. The molecule has 0 amide bonds. The lowest BCUT2D eigenvalue weighted by molar-refractivity contribution is -0.132. The number of hydrogen-bond acceptors (Lipinski definition) is 3. The molecule has 1 rings (SSSR count). The molecule has 3 heteroatoms. The maximum absolute atomic E-state index is 5.60. The third kappa shape index (κ3) is 2.42. The number of nitrogens with two attached hydrogens (primary N) is 1. The van der Waals surface area contributed by atoms with Crippen LogP contribution in [0, 0.1) is 0 Å². The van der Waals surface area contributed by atoms with Crippen LogP contribution in [0.25, 0.3) is 0 Å². The molecule has 2 N–H and O–H groups in total. The zero-order chi connectivity index (χ0) is 8.32. The van der Waals surface area contributed by atoms with Crippen molar-refractivity contribution in [3.63, 3.8) is 0 Å². The predicted octanol–water partition coefficient (Wildman–Crippen LogP) is 1.35. The summed E-state index contributed by atoms with van der Waals surface area (Å²) in [4.78, 5) is 0. The fourth-order valence-electron chi connectivity index (χ4n) is 0.979. The summed E-state index contributed by atoms with van der Waals surface area (Å²) in [5, 5.41) is 0. The molecule has 0 aromatic carbocycles. The SMILES string of the molecule is CC(N)CCC1(C)OC=CO1. The van der Waals surface area contributed by atoms with Crippen LogP contribution >= 0.6 is 0 Å². The van der Waals surface area contributed by atoms with E-state index in [9.17, 15) is 0 Å². The molecular weight excluding hydrogens is 142 g/mol. The van der Waals surface area contributed by atoms with Gasteiger partial charge in [-0.25, -0.2) is 0 Å². The fourth-order valence-corrected chi connectivity index (χ4v) is 0.979. The minimum absolute atomic E-state index is 0.208. The minimum Gasteiger partial charge on any atom is -0.457 e. The van der Waals surface area contributed by atoms with Crippen LogP contribution in [0.3, 0.4) is 0 Å². The van der Waals surface area contributed by atoms with Crippen molar-refractivity contribution in [2.24, 2.45) is 5.73 Å². The first-order valence-corrected chi connectivity index (χ1v) is 3.89. The van der Waals surface area contributed by atoms with Crippen molar-refractivity contribution >= 4 is 0 Å². The summed E-state index contributed by atoms with van der Waals surface area (Å²) < 4.78 is 10.5. The zero-order valence-corrected chi connectivity index (χ0v) is 7.04. The van der Waals surface area contributed by atoms with Gasteiger partial charge in [0.05, 0.1) is 0 Å². The van der Waals surface area contributed by atoms with E-state index in [2.05, 4.69) is 0 Å². The van der Waals surface area contributed by atoms with Crippen LogP contribution in [0.1, 0.15) is 26.7 Å². The number of hydrogen-bond donors (Lipinski definition) is 1. The maximum Gasteiger partial charge on any atom is 0.247 e. The highest BCUT2D eigenvalue weighted by molar-refractivity contribution is 4.80. The summed E-state index contributed by atoms with van der Waals surface area (Å²) in [6, 6.07) is 0.208. The van der Waals surface area contributed by atoms with Crippen LogP contribution in [-0.4, -0.2) is 11.8 Å². The van der Waals surface area contributed by atoms with E-state index in [0.29, 0.717) is 0 Å². The molecule has 0 aliphatic carbocycles. The normalized spacial score (nSPS) is 22.5. The van der Waals surface area contributed by atoms with Gasteiger partial charge in [0.15, 0.2) is 0 Å². The van der Waals surface area contributed by atoms with Crippen molar-refractivity contribution < 1.29 is 9.47 Å². The highest BCUT2D eigenvalue weighted by atomic mass is 16.7. The first-order chi connectivity index (χ1) is 5.12. The summed E-state index contributed by atoms with van der Waals surface area (Å²) in [6.45, 7) is 3.89. The molecule has 0 bridgehead atoms. The molecule has 0 saturated carbocycles. The summed E-state index contributed by atoms with van der Waals surface area (Å²) in [5.41, 5.74) is 5.60. The molecule has 0 fully saturated rings. The number of ether oxygens (including phenoxy) is 2. The van der Waals surface area contributed by atoms with Gasteiger partial charge in [-0.15, -0.1) is 0 Å². The van der Waals surface area contributed by atoms with E-state index in [4.69, 9.17) is 15.2 Å². The van der Waals surface area contributed by atoms with Gasteiger partial charge in [-0.3, -0.25) is 0 Å². The first-order valence-electron chi connectivity index (χ1n) is 3.89. The van der Waals surface area contributed by atoms with Gasteiger partial charge < -0.3 is 15.2 Å². The molecule has 11 heavy (non-hydrogen) atoms. The Labute approximate surface area is 67.2 Å². The van der Waals surface area contributed by atoms with Crippen LogP contribution in [0.4, 0.5) is 0 Å². The number of rotatable bonds is 3. The van der Waals surface area contributed by atoms with Crippen molar-refractivity contribution in [2.75, 3.05) is 0 Å². The van der Waals surface area contributed by atoms with E-state index >= 15 is 0 Å². The molecule has 1 unspecified atom stereocenters. The van der Waals surface area contributed by atoms with E-state index in [1.165, 1.54) is 0 Å². The second-order valence-electron chi connectivity index (χ2n) is 3.16. The third-order valence-corrected chi connectivity index (χ3v) is 1.74. The van der Waals surface area contributed by atoms with Gasteiger partial charge in [0.25, 0.3) is 0 Å². The van der Waals surface area contributed by atoms with Crippen molar-refractivity contribution in [1.29, 1.82) is 0 Å². The molecule has 1 heterocycles. The molecule has 0 radical (unpaired) electrons. The molecule has 3 nitrogen and oxygen atoms in total. The summed E-state index contributed by atoms with van der Waals surface area (Å²) in [6.07, 6.45) is 4.89. The van der Waals surface area contributed by atoms with Crippen LogP contribution in [0.15, 0.2) is 12.5 Å². The lowest BCUT2D eigenvalue weighted by atomic mass is 10.1. The van der Waals surface area contributed by atoms with Crippen molar-refractivity contribution in [3.8, 4) is 0 Å². The highest BCUT2D eigenvalue weighted by Gasteiger charge is 2.28. The van der Waals surface area contributed by atoms with E-state index in [-0.39, 0.29) is 6.04 Å². The largest absolute Gasteiger partial charge is 0.457 e. The van der Waals surface area contributed by atoms with Gasteiger partial charge in [0.1, 0.15) is 12.5 Å². The maximum atomic E-state index is 5.60. The highest BCUT2D eigenvalue weighted by Crippen LogP contribution is 2.24. The molecule has 0 aromatic rings. The van der Waals surface area contributed by atoms with Gasteiger partial charge in [0, 0.05) is 19.4 Å². The molecule has 0 spiro atoms. The van der Waals surface area contributed by atoms with Gasteiger partial charge in [-0.05, 0) is 13.3 Å². The lowest BCUT2D eigenvalue weighted by Gasteiger charge is -2.23. The molecule has 1 aliphatic heterocycles. The van der Waals surface area contributed by atoms with Gasteiger partial charge >= 0.3 is 0 Å². The fraction of sp³-hybridized carbons (Fsp3) is 0.750. The van der Waals surface area contributed by atoms with E-state index < -0.39 is 5.79 Å². The van der Waals surface area contributed by atoms with Crippen LogP contribution in [0.5, 0.6) is 0 Å². The van der Waals surface area contributed by atoms with Crippen LogP contribution in [-0.2, 0) is 9.47 Å². The Morgan fingerprint density at radius 1 is 1.45 bits per heavy atom. The van der Waals surface area contributed by atoms with Gasteiger partial charge in [0.2, 0.25) is 5.79 Å². The molecule has 0 aromatic heterocycles. The Morgan fingerprint density at radius 3 is 2.45 bits per heavy atom. The van der Waals surface area contributed by atoms with Gasteiger partial charge in [-0.2, -0.15) is 0 Å². The zero-order valence-electron chi connectivity index (χ0n) is 7.04. The van der Waals surface area contributed by atoms with Crippen LogP contribution in [0.2, 0.25) is 0 Å². The summed E-state index contributed by atoms with van der Waals surface area (Å²) in [7, 11) is 0. The topological polar surface area (TPSA) is 44.5 Å². The standard InChI is InChI=1S/C8H15NO2/c1-7(9)3-4-8(2)10-5-6-11-8/h5-7H,3-4,9H2,1-2H3. The second-order valence-corrected chi connectivity index (χ2v) is 3.16. The van der Waals surface area contributed by atoms with E-state index in [1.54, 1.807) is 12.5 Å². The van der Waals surface area contributed by atoms with Crippen molar-refractivity contribution in [1.82, 2.24) is 0 Å². The predicted molar refractivity (Wildman–Crippen MR) is 42.6 cm³/mol. The first kappa shape index (κ1) is 8.40. The van der Waals surface area contributed by atoms with E-state index in [0.717, 1.165) is 12.8 Å². The minimum atomic E-state index is -0.465. The van der Waals surface area contributed by atoms with Crippen LogP contribution < -0.4 is 5.73 Å². The lowest BCUT2D eigenvalue weighted by Crippen LogP contribution is -2.28. The average Bonchev–Trinajstić information content (AvgIpc) is 2.33.